The molecule has 4 saturated carbocycles. The molecule has 0 aromatic heterocycles. The zero-order valence-corrected chi connectivity index (χ0v) is 17.4. The molecule has 1 aliphatic heterocycles. The predicted octanol–water partition coefficient (Wildman–Crippen LogP) is 2.51. The Balaban J connectivity index is 1.45. The summed E-state index contributed by atoms with van der Waals surface area (Å²) >= 11 is 0. The molecule has 0 aromatic rings. The summed E-state index contributed by atoms with van der Waals surface area (Å²) in [5.74, 6) is 2.67. The van der Waals surface area contributed by atoms with Crippen molar-refractivity contribution in [1.82, 2.24) is 15.1 Å². The van der Waals surface area contributed by atoms with Crippen LogP contribution in [0.25, 0.3) is 0 Å². The number of hydrogen-bond acceptors (Lipinski definition) is 3. The second kappa shape index (κ2) is 7.38. The summed E-state index contributed by atoms with van der Waals surface area (Å²) in [6, 6.07) is -0.381. The fourth-order valence-corrected chi connectivity index (χ4v) is 6.66. The second-order valence-corrected chi connectivity index (χ2v) is 10.4. The van der Waals surface area contributed by atoms with Crippen molar-refractivity contribution >= 4 is 11.8 Å². The Kier molecular flexibility index (Phi) is 5.26. The number of nitrogens with zero attached hydrogens (tertiary/aromatic N) is 2. The third kappa shape index (κ3) is 3.76. The smallest absolute Gasteiger partial charge is 0.245 e. The van der Waals surface area contributed by atoms with Crippen molar-refractivity contribution < 1.29 is 9.59 Å². The molecule has 2 amide bonds. The summed E-state index contributed by atoms with van der Waals surface area (Å²) in [6.07, 6.45) is 8.17. The normalized spacial score (nSPS) is 37.3. The highest BCUT2D eigenvalue weighted by molar-refractivity contribution is 5.90. The molecule has 4 aliphatic carbocycles. The van der Waals surface area contributed by atoms with E-state index in [1.807, 2.05) is 4.90 Å². The maximum absolute atomic E-state index is 13.4. The summed E-state index contributed by atoms with van der Waals surface area (Å²) in [7, 11) is 2.11. The second-order valence-electron chi connectivity index (χ2n) is 10.4. The molecule has 152 valence electrons. The SMILES string of the molecule is CC(C)C(NC(=O)C12CC3CC(CC(C3)C1)C2)C(=O)N1CCCN(C)CC1. The molecule has 5 heteroatoms. The van der Waals surface area contributed by atoms with E-state index in [4.69, 9.17) is 0 Å². The fraction of sp³-hybridized carbons (Fsp3) is 0.909. The molecule has 5 aliphatic rings. The highest BCUT2D eigenvalue weighted by Crippen LogP contribution is 2.60. The number of nitrogens with one attached hydrogen (secondary N) is 1. The molecular formula is C22H37N3O2. The van der Waals surface area contributed by atoms with Gasteiger partial charge < -0.3 is 15.1 Å². The van der Waals surface area contributed by atoms with E-state index in [2.05, 4.69) is 31.1 Å². The van der Waals surface area contributed by atoms with E-state index in [1.54, 1.807) is 0 Å². The maximum atomic E-state index is 13.4. The number of carbonyl (C=O) groups excluding carboxylic acids is 2. The van der Waals surface area contributed by atoms with Crippen LogP contribution in [0.1, 0.15) is 58.8 Å². The zero-order valence-electron chi connectivity index (χ0n) is 17.4. The Morgan fingerprint density at radius 1 is 0.926 bits per heavy atom. The molecule has 4 bridgehead atoms. The van der Waals surface area contributed by atoms with Crippen LogP contribution in [0, 0.1) is 29.1 Å². The lowest BCUT2D eigenvalue weighted by molar-refractivity contribution is -0.150. The van der Waals surface area contributed by atoms with Gasteiger partial charge in [-0.1, -0.05) is 13.8 Å². The van der Waals surface area contributed by atoms with E-state index in [9.17, 15) is 9.59 Å². The number of rotatable bonds is 4. The molecule has 0 radical (unpaired) electrons. The van der Waals surface area contributed by atoms with Crippen LogP contribution in [0.15, 0.2) is 0 Å². The Bertz CT molecular complexity index is 553. The average Bonchev–Trinajstić information content (AvgIpc) is 2.82. The molecule has 0 aromatic carbocycles. The lowest BCUT2D eigenvalue weighted by Crippen LogP contribution is -2.59. The van der Waals surface area contributed by atoms with Crippen molar-refractivity contribution in [2.75, 3.05) is 33.2 Å². The Morgan fingerprint density at radius 2 is 1.52 bits per heavy atom. The molecule has 1 N–H and O–H groups in total. The quantitative estimate of drug-likeness (QED) is 0.821. The highest BCUT2D eigenvalue weighted by Gasteiger charge is 2.55. The molecule has 1 heterocycles. The molecule has 1 atom stereocenters. The summed E-state index contributed by atoms with van der Waals surface area (Å²) in [5.41, 5.74) is -0.179. The minimum atomic E-state index is -0.381. The van der Waals surface area contributed by atoms with Crippen LogP contribution in [0.5, 0.6) is 0 Å². The first-order chi connectivity index (χ1) is 12.9. The predicted molar refractivity (Wildman–Crippen MR) is 106 cm³/mol. The van der Waals surface area contributed by atoms with E-state index in [0.29, 0.717) is 0 Å². The van der Waals surface area contributed by atoms with Gasteiger partial charge in [0.15, 0.2) is 0 Å². The van der Waals surface area contributed by atoms with Gasteiger partial charge in [0, 0.05) is 25.0 Å². The van der Waals surface area contributed by atoms with E-state index in [1.165, 1.54) is 19.3 Å². The van der Waals surface area contributed by atoms with Crippen molar-refractivity contribution in [3.05, 3.63) is 0 Å². The van der Waals surface area contributed by atoms with E-state index >= 15 is 0 Å². The van der Waals surface area contributed by atoms with Crippen molar-refractivity contribution in [3.63, 3.8) is 0 Å². The van der Waals surface area contributed by atoms with Crippen LogP contribution in [-0.2, 0) is 9.59 Å². The van der Waals surface area contributed by atoms with Gasteiger partial charge in [0.05, 0.1) is 0 Å². The Morgan fingerprint density at radius 3 is 2.07 bits per heavy atom. The van der Waals surface area contributed by atoms with E-state index in [-0.39, 0.29) is 29.2 Å². The van der Waals surface area contributed by atoms with Gasteiger partial charge in [0.1, 0.15) is 6.04 Å². The van der Waals surface area contributed by atoms with Crippen LogP contribution in [0.3, 0.4) is 0 Å². The molecular weight excluding hydrogens is 338 g/mol. The first-order valence-corrected chi connectivity index (χ1v) is 11.1. The molecule has 0 spiro atoms. The Hall–Kier alpha value is -1.10. The summed E-state index contributed by atoms with van der Waals surface area (Å²) in [4.78, 5) is 30.9. The van der Waals surface area contributed by atoms with Gasteiger partial charge >= 0.3 is 0 Å². The van der Waals surface area contributed by atoms with Gasteiger partial charge in [0.2, 0.25) is 11.8 Å². The van der Waals surface area contributed by atoms with Crippen LogP contribution >= 0.6 is 0 Å². The minimum absolute atomic E-state index is 0.122. The van der Waals surface area contributed by atoms with Gasteiger partial charge in [-0.15, -0.1) is 0 Å². The number of amides is 2. The minimum Gasteiger partial charge on any atom is -0.344 e. The lowest BCUT2D eigenvalue weighted by atomic mass is 9.49. The highest BCUT2D eigenvalue weighted by atomic mass is 16.2. The van der Waals surface area contributed by atoms with Crippen LogP contribution in [0.4, 0.5) is 0 Å². The van der Waals surface area contributed by atoms with Crippen molar-refractivity contribution in [2.45, 2.75) is 64.8 Å². The van der Waals surface area contributed by atoms with Gasteiger partial charge in [0.25, 0.3) is 0 Å². The molecule has 27 heavy (non-hydrogen) atoms. The average molecular weight is 376 g/mol. The number of hydrogen-bond donors (Lipinski definition) is 1. The third-order valence-electron chi connectivity index (χ3n) is 7.77. The summed E-state index contributed by atoms with van der Waals surface area (Å²) < 4.78 is 0. The largest absolute Gasteiger partial charge is 0.344 e. The fourth-order valence-electron chi connectivity index (χ4n) is 6.66. The topological polar surface area (TPSA) is 52.7 Å². The standard InChI is InChI=1S/C22H37N3O2/c1-15(2)19(20(26)25-6-4-5-24(3)7-8-25)23-21(27)22-12-16-9-17(13-22)11-18(10-16)14-22/h15-19H,4-14H2,1-3H3,(H,23,27). The van der Waals surface area contributed by atoms with Crippen LogP contribution < -0.4 is 5.32 Å². The third-order valence-corrected chi connectivity index (χ3v) is 7.77. The molecule has 5 nitrogen and oxygen atoms in total. The molecule has 5 fully saturated rings. The Labute approximate surface area is 164 Å². The molecule has 1 unspecified atom stereocenters. The van der Waals surface area contributed by atoms with E-state index < -0.39 is 0 Å². The van der Waals surface area contributed by atoms with E-state index in [0.717, 1.165) is 69.6 Å². The molecule has 1 saturated heterocycles. The van der Waals surface area contributed by atoms with Crippen molar-refractivity contribution in [1.29, 1.82) is 0 Å². The maximum Gasteiger partial charge on any atom is 0.245 e. The molecule has 5 rings (SSSR count). The van der Waals surface area contributed by atoms with Gasteiger partial charge in [-0.05, 0) is 82.2 Å². The number of carbonyl (C=O) groups is 2. The monoisotopic (exact) mass is 375 g/mol. The van der Waals surface area contributed by atoms with Crippen molar-refractivity contribution in [2.24, 2.45) is 29.1 Å². The summed E-state index contributed by atoms with van der Waals surface area (Å²) in [6.45, 7) is 7.65. The first kappa shape index (κ1) is 19.2. The lowest BCUT2D eigenvalue weighted by Gasteiger charge is -2.56. The van der Waals surface area contributed by atoms with Crippen molar-refractivity contribution in [3.8, 4) is 0 Å². The number of likely N-dealkylation sites (N-methyl/N-ethyl adjacent to an activating group) is 1. The van der Waals surface area contributed by atoms with Crippen LogP contribution in [0.2, 0.25) is 0 Å². The zero-order chi connectivity index (χ0) is 19.2. The summed E-state index contributed by atoms with van der Waals surface area (Å²) in [5, 5.41) is 3.26. The first-order valence-electron chi connectivity index (χ1n) is 11.1. The van der Waals surface area contributed by atoms with Crippen LogP contribution in [-0.4, -0.2) is 60.9 Å². The van der Waals surface area contributed by atoms with Gasteiger partial charge in [-0.25, -0.2) is 0 Å². The van der Waals surface area contributed by atoms with Gasteiger partial charge in [-0.3, -0.25) is 9.59 Å². The van der Waals surface area contributed by atoms with Gasteiger partial charge in [-0.2, -0.15) is 0 Å².